The fraction of sp³-hybridized carbons (Fsp3) is 0.917. The Morgan fingerprint density at radius 2 is 2.26 bits per heavy atom. The van der Waals surface area contributed by atoms with Crippen LogP contribution in [-0.2, 0) is 9.53 Å². The molecule has 0 aromatic carbocycles. The van der Waals surface area contributed by atoms with Crippen LogP contribution in [-0.4, -0.2) is 60.2 Å². The maximum Gasteiger partial charge on any atom is 0.242 e. The minimum absolute atomic E-state index is 0.00146. The van der Waals surface area contributed by atoms with Gasteiger partial charge in [0.1, 0.15) is 12.2 Å². The van der Waals surface area contributed by atoms with Gasteiger partial charge < -0.3 is 9.64 Å². The number of alkyl halides is 2. The first-order valence-electron chi connectivity index (χ1n) is 6.70. The molecule has 1 amide bonds. The number of nitrogens with one attached hydrogen (secondary N) is 2. The number of carbonyl (C=O) groups excluding carboxylic acids is 1. The van der Waals surface area contributed by atoms with Crippen LogP contribution in [0.5, 0.6) is 0 Å². The Morgan fingerprint density at radius 1 is 1.53 bits per heavy atom. The maximum absolute atomic E-state index is 14.0. The van der Waals surface area contributed by atoms with Gasteiger partial charge in [-0.2, -0.15) is 0 Å². The second-order valence-corrected chi connectivity index (χ2v) is 5.89. The molecular formula is C12H21ClFN3O2. The normalized spacial score (nSPS) is 35.9. The zero-order valence-electron chi connectivity index (χ0n) is 11.2. The van der Waals surface area contributed by atoms with E-state index in [2.05, 4.69) is 10.9 Å². The Labute approximate surface area is 117 Å². The highest BCUT2D eigenvalue weighted by Gasteiger charge is 2.38. The Hall–Kier alpha value is -0.430. The standard InChI is InChI=1S/C12H21ClFN3O2/c1-7(2)19-10-3-4-17(6-9(10)14)12(18)11-8(13)5-15-16-11/h7-11,15-16H,3-6H2,1-2H3/t8?,9-,10+,11?/m1/s1. The summed E-state index contributed by atoms with van der Waals surface area (Å²) in [5, 5.41) is -0.296. The molecule has 2 aliphatic rings. The SMILES string of the molecule is CC(C)O[C@H]1CCN(C(=O)C2NNCC2Cl)C[C@H]1F. The van der Waals surface area contributed by atoms with E-state index in [0.29, 0.717) is 19.5 Å². The molecule has 2 unspecified atom stereocenters. The second-order valence-electron chi connectivity index (χ2n) is 5.33. The van der Waals surface area contributed by atoms with Crippen LogP contribution in [0.25, 0.3) is 0 Å². The molecule has 2 saturated heterocycles. The third-order valence-electron chi connectivity index (χ3n) is 3.42. The summed E-state index contributed by atoms with van der Waals surface area (Å²) < 4.78 is 19.5. The number of hydrogen-bond acceptors (Lipinski definition) is 4. The molecule has 7 heteroatoms. The van der Waals surface area contributed by atoms with Crippen LogP contribution >= 0.6 is 11.6 Å². The Balaban J connectivity index is 1.89. The predicted molar refractivity (Wildman–Crippen MR) is 70.7 cm³/mol. The van der Waals surface area contributed by atoms with Gasteiger partial charge in [0.15, 0.2) is 0 Å². The largest absolute Gasteiger partial charge is 0.372 e. The first-order valence-corrected chi connectivity index (χ1v) is 7.13. The highest BCUT2D eigenvalue weighted by atomic mass is 35.5. The average molecular weight is 294 g/mol. The molecule has 2 fully saturated rings. The third-order valence-corrected chi connectivity index (χ3v) is 3.83. The van der Waals surface area contributed by atoms with Gasteiger partial charge in [0.2, 0.25) is 5.91 Å². The highest BCUT2D eigenvalue weighted by Crippen LogP contribution is 2.20. The van der Waals surface area contributed by atoms with Gasteiger partial charge in [-0.05, 0) is 20.3 Å². The lowest BCUT2D eigenvalue weighted by Gasteiger charge is -2.36. The molecule has 5 nitrogen and oxygen atoms in total. The minimum Gasteiger partial charge on any atom is -0.372 e. The summed E-state index contributed by atoms with van der Waals surface area (Å²) in [6.07, 6.45) is -1.02. The van der Waals surface area contributed by atoms with E-state index >= 15 is 0 Å². The van der Waals surface area contributed by atoms with E-state index < -0.39 is 18.3 Å². The van der Waals surface area contributed by atoms with Gasteiger partial charge in [0.25, 0.3) is 0 Å². The van der Waals surface area contributed by atoms with Gasteiger partial charge in [-0.3, -0.25) is 10.2 Å². The van der Waals surface area contributed by atoms with Crippen molar-refractivity contribution in [2.24, 2.45) is 0 Å². The van der Waals surface area contributed by atoms with Crippen molar-refractivity contribution < 1.29 is 13.9 Å². The monoisotopic (exact) mass is 293 g/mol. The molecule has 0 saturated carbocycles. The first-order chi connectivity index (χ1) is 8.99. The molecule has 19 heavy (non-hydrogen) atoms. The summed E-state index contributed by atoms with van der Waals surface area (Å²) in [6.45, 7) is 4.90. The number of rotatable bonds is 3. The number of nitrogens with zero attached hydrogens (tertiary/aromatic N) is 1. The van der Waals surface area contributed by atoms with E-state index in [1.807, 2.05) is 13.8 Å². The summed E-state index contributed by atoms with van der Waals surface area (Å²) in [5.41, 5.74) is 5.68. The predicted octanol–water partition coefficient (Wildman–Crippen LogP) is 0.434. The molecule has 0 bridgehead atoms. The molecule has 2 aliphatic heterocycles. The molecule has 0 aromatic rings. The summed E-state index contributed by atoms with van der Waals surface area (Å²) in [4.78, 5) is 13.7. The Bertz CT molecular complexity index is 332. The fourth-order valence-electron chi connectivity index (χ4n) is 2.47. The van der Waals surface area contributed by atoms with E-state index in [9.17, 15) is 9.18 Å². The quantitative estimate of drug-likeness (QED) is 0.741. The summed E-state index contributed by atoms with van der Waals surface area (Å²) in [7, 11) is 0. The van der Waals surface area contributed by atoms with Crippen molar-refractivity contribution in [1.29, 1.82) is 0 Å². The minimum atomic E-state index is -1.14. The number of ether oxygens (including phenoxy) is 1. The number of amides is 1. The van der Waals surface area contributed by atoms with Gasteiger partial charge in [-0.25, -0.2) is 9.82 Å². The van der Waals surface area contributed by atoms with Crippen molar-refractivity contribution in [1.82, 2.24) is 15.8 Å². The molecule has 0 aromatic heterocycles. The summed E-state index contributed by atoms with van der Waals surface area (Å²) in [6, 6.07) is -0.476. The lowest BCUT2D eigenvalue weighted by atomic mass is 10.0. The van der Waals surface area contributed by atoms with Crippen LogP contribution < -0.4 is 10.9 Å². The van der Waals surface area contributed by atoms with E-state index in [1.54, 1.807) is 0 Å². The van der Waals surface area contributed by atoms with E-state index in [-0.39, 0.29) is 23.9 Å². The molecular weight excluding hydrogens is 273 g/mol. The van der Waals surface area contributed by atoms with Crippen molar-refractivity contribution in [2.45, 2.75) is 50.1 Å². The average Bonchev–Trinajstić information content (AvgIpc) is 2.76. The molecule has 0 spiro atoms. The van der Waals surface area contributed by atoms with Crippen LogP contribution in [0.1, 0.15) is 20.3 Å². The number of hydrazine groups is 1. The summed E-state index contributed by atoms with van der Waals surface area (Å²) in [5.74, 6) is -0.143. The molecule has 4 atom stereocenters. The number of carbonyl (C=O) groups is 1. The van der Waals surface area contributed by atoms with Crippen molar-refractivity contribution in [3.8, 4) is 0 Å². The first kappa shape index (κ1) is 15.0. The highest BCUT2D eigenvalue weighted by molar-refractivity contribution is 6.23. The Morgan fingerprint density at radius 3 is 2.79 bits per heavy atom. The molecule has 0 radical (unpaired) electrons. The fourth-order valence-corrected chi connectivity index (χ4v) is 2.72. The Kier molecular flexibility index (Phi) is 5.00. The van der Waals surface area contributed by atoms with Gasteiger partial charge in [0, 0.05) is 13.1 Å². The molecule has 2 rings (SSSR count). The third kappa shape index (κ3) is 3.56. The van der Waals surface area contributed by atoms with Crippen LogP contribution in [0.15, 0.2) is 0 Å². The molecule has 2 heterocycles. The van der Waals surface area contributed by atoms with Gasteiger partial charge >= 0.3 is 0 Å². The van der Waals surface area contributed by atoms with Crippen LogP contribution in [0, 0.1) is 0 Å². The zero-order chi connectivity index (χ0) is 14.0. The van der Waals surface area contributed by atoms with E-state index in [0.717, 1.165) is 0 Å². The van der Waals surface area contributed by atoms with Gasteiger partial charge in [-0.15, -0.1) is 11.6 Å². The maximum atomic E-state index is 14.0. The van der Waals surface area contributed by atoms with Gasteiger partial charge in [0.05, 0.1) is 24.1 Å². The van der Waals surface area contributed by atoms with Crippen molar-refractivity contribution in [2.75, 3.05) is 19.6 Å². The number of likely N-dealkylation sites (tertiary alicyclic amines) is 1. The number of hydrogen-bond donors (Lipinski definition) is 2. The lowest BCUT2D eigenvalue weighted by Crippen LogP contribution is -2.55. The van der Waals surface area contributed by atoms with E-state index in [4.69, 9.17) is 16.3 Å². The lowest BCUT2D eigenvalue weighted by molar-refractivity contribution is -0.140. The molecule has 2 N–H and O–H groups in total. The van der Waals surface area contributed by atoms with Gasteiger partial charge in [-0.1, -0.05) is 0 Å². The zero-order valence-corrected chi connectivity index (χ0v) is 12.0. The van der Waals surface area contributed by atoms with Crippen molar-refractivity contribution in [3.05, 3.63) is 0 Å². The van der Waals surface area contributed by atoms with Crippen molar-refractivity contribution >= 4 is 17.5 Å². The van der Waals surface area contributed by atoms with Crippen LogP contribution in [0.4, 0.5) is 4.39 Å². The van der Waals surface area contributed by atoms with Crippen LogP contribution in [0.2, 0.25) is 0 Å². The summed E-state index contributed by atoms with van der Waals surface area (Å²) >= 11 is 6.04. The van der Waals surface area contributed by atoms with E-state index in [1.165, 1.54) is 4.90 Å². The van der Waals surface area contributed by atoms with Crippen molar-refractivity contribution in [3.63, 3.8) is 0 Å². The number of piperidine rings is 1. The number of halogens is 2. The topological polar surface area (TPSA) is 53.6 Å². The second kappa shape index (κ2) is 6.35. The van der Waals surface area contributed by atoms with Crippen LogP contribution in [0.3, 0.4) is 0 Å². The smallest absolute Gasteiger partial charge is 0.242 e. The molecule has 110 valence electrons. The molecule has 0 aliphatic carbocycles.